The lowest BCUT2D eigenvalue weighted by Gasteiger charge is -2.13. The predicted octanol–water partition coefficient (Wildman–Crippen LogP) is 2.04. The maximum absolute atomic E-state index is 2.56. The van der Waals surface area contributed by atoms with Gasteiger partial charge in [0.2, 0.25) is 0 Å². The third-order valence-corrected chi connectivity index (χ3v) is 3.52. The first-order valence-electron chi connectivity index (χ1n) is 6.24. The highest BCUT2D eigenvalue weighted by Gasteiger charge is 2.15. The van der Waals surface area contributed by atoms with Gasteiger partial charge >= 0.3 is 0 Å². The average Bonchev–Trinajstić information content (AvgIpc) is 2.50. The van der Waals surface area contributed by atoms with E-state index in [1.54, 1.807) is 5.56 Å². The Hall–Kier alpha value is -0.820. The lowest BCUT2D eigenvalue weighted by atomic mass is 9.98. The molecule has 15 heavy (non-hydrogen) atoms. The first-order chi connectivity index (χ1) is 7.36. The average molecular weight is 204 g/mol. The Morgan fingerprint density at radius 1 is 1.20 bits per heavy atom. The first kappa shape index (κ1) is 10.7. The molecule has 0 unspecified atom stereocenters. The molecule has 1 aromatic rings. The normalized spacial score (nSPS) is 22.3. The summed E-state index contributed by atoms with van der Waals surface area (Å²) in [6.45, 7) is 3.56. The molecule has 0 saturated carbocycles. The Labute approximate surface area is 92.9 Å². The molecule has 0 aliphatic carbocycles. The van der Waals surface area contributed by atoms with Crippen LogP contribution < -0.4 is 5.32 Å². The first-order valence-corrected chi connectivity index (χ1v) is 6.24. The molecule has 1 aromatic carbocycles. The second kappa shape index (κ2) is 5.32. The fourth-order valence-electron chi connectivity index (χ4n) is 2.51. The number of benzene rings is 1. The molecule has 82 valence electrons. The molecule has 0 aromatic heterocycles. The second-order valence-electron chi connectivity index (χ2n) is 4.76. The standard InChI is InChI=1S/C14H21N/c1-12-7-4-5-8-13(12)11-14-9-3-2-6-10-15-14/h4-5,7-8,14-15H,2-3,6,9-11H2,1H3/p+1/t14-/m1/s1. The van der Waals surface area contributed by atoms with Gasteiger partial charge in [-0.1, -0.05) is 24.3 Å². The van der Waals surface area contributed by atoms with Gasteiger partial charge in [0, 0.05) is 6.42 Å². The molecule has 1 nitrogen and oxygen atoms in total. The molecular weight excluding hydrogens is 182 g/mol. The molecule has 1 fully saturated rings. The largest absolute Gasteiger partial charge is 0.344 e. The Morgan fingerprint density at radius 3 is 2.93 bits per heavy atom. The van der Waals surface area contributed by atoms with Gasteiger partial charge in [-0.05, 0) is 43.7 Å². The molecule has 0 bridgehead atoms. The van der Waals surface area contributed by atoms with E-state index >= 15 is 0 Å². The van der Waals surface area contributed by atoms with Gasteiger partial charge in [0.1, 0.15) is 0 Å². The molecule has 0 spiro atoms. The Bertz CT molecular complexity index is 298. The quantitative estimate of drug-likeness (QED) is 0.759. The van der Waals surface area contributed by atoms with Gasteiger partial charge in [0.05, 0.1) is 12.6 Å². The van der Waals surface area contributed by atoms with E-state index in [2.05, 4.69) is 36.5 Å². The maximum atomic E-state index is 2.56. The van der Waals surface area contributed by atoms with Crippen LogP contribution in [0.15, 0.2) is 24.3 Å². The molecule has 1 heterocycles. The van der Waals surface area contributed by atoms with E-state index in [9.17, 15) is 0 Å². The summed E-state index contributed by atoms with van der Waals surface area (Å²) in [5.41, 5.74) is 3.00. The molecule has 1 aliphatic rings. The lowest BCUT2D eigenvalue weighted by Crippen LogP contribution is -2.90. The summed E-state index contributed by atoms with van der Waals surface area (Å²) >= 11 is 0. The van der Waals surface area contributed by atoms with Crippen molar-refractivity contribution in [1.82, 2.24) is 0 Å². The van der Waals surface area contributed by atoms with Crippen molar-refractivity contribution in [3.05, 3.63) is 35.4 Å². The SMILES string of the molecule is Cc1ccccc1C[C@H]1CCCCC[NH2+]1. The summed E-state index contributed by atoms with van der Waals surface area (Å²) in [6, 6.07) is 9.64. The van der Waals surface area contributed by atoms with Gasteiger partial charge in [-0.2, -0.15) is 0 Å². The Morgan fingerprint density at radius 2 is 2.07 bits per heavy atom. The molecule has 2 rings (SSSR count). The van der Waals surface area contributed by atoms with Crippen LogP contribution in [-0.2, 0) is 6.42 Å². The van der Waals surface area contributed by atoms with Gasteiger partial charge < -0.3 is 5.32 Å². The predicted molar refractivity (Wildman–Crippen MR) is 63.9 cm³/mol. The van der Waals surface area contributed by atoms with Crippen LogP contribution in [0.2, 0.25) is 0 Å². The van der Waals surface area contributed by atoms with Crippen molar-refractivity contribution in [1.29, 1.82) is 0 Å². The van der Waals surface area contributed by atoms with Crippen molar-refractivity contribution in [3.63, 3.8) is 0 Å². The molecule has 2 N–H and O–H groups in total. The molecule has 1 aliphatic heterocycles. The minimum atomic E-state index is 0.827. The zero-order chi connectivity index (χ0) is 10.5. The third-order valence-electron chi connectivity index (χ3n) is 3.52. The van der Waals surface area contributed by atoms with Crippen molar-refractivity contribution in [2.75, 3.05) is 6.54 Å². The van der Waals surface area contributed by atoms with E-state index in [0.29, 0.717) is 0 Å². The topological polar surface area (TPSA) is 16.6 Å². The van der Waals surface area contributed by atoms with Gasteiger partial charge in [-0.25, -0.2) is 0 Å². The van der Waals surface area contributed by atoms with Crippen LogP contribution in [0.4, 0.5) is 0 Å². The zero-order valence-corrected chi connectivity index (χ0v) is 9.71. The van der Waals surface area contributed by atoms with E-state index < -0.39 is 0 Å². The third kappa shape index (κ3) is 3.07. The maximum Gasteiger partial charge on any atom is 0.0900 e. The van der Waals surface area contributed by atoms with Crippen molar-refractivity contribution in [2.24, 2.45) is 0 Å². The van der Waals surface area contributed by atoms with Crippen LogP contribution in [-0.4, -0.2) is 12.6 Å². The van der Waals surface area contributed by atoms with Gasteiger partial charge in [0.25, 0.3) is 0 Å². The molecule has 0 amide bonds. The van der Waals surface area contributed by atoms with E-state index in [4.69, 9.17) is 0 Å². The van der Waals surface area contributed by atoms with Crippen LogP contribution in [0.3, 0.4) is 0 Å². The van der Waals surface area contributed by atoms with Gasteiger partial charge in [0.15, 0.2) is 0 Å². The molecular formula is C14H22N+. The van der Waals surface area contributed by atoms with Crippen LogP contribution >= 0.6 is 0 Å². The number of quaternary nitrogens is 1. The number of nitrogens with two attached hydrogens (primary N) is 1. The highest BCUT2D eigenvalue weighted by Crippen LogP contribution is 2.12. The smallest absolute Gasteiger partial charge is 0.0900 e. The highest BCUT2D eigenvalue weighted by atomic mass is 14.9. The van der Waals surface area contributed by atoms with E-state index in [-0.39, 0.29) is 0 Å². The van der Waals surface area contributed by atoms with Crippen LogP contribution in [0.5, 0.6) is 0 Å². The summed E-state index contributed by atoms with van der Waals surface area (Å²) in [5, 5.41) is 2.56. The number of aryl methyl sites for hydroxylation is 1. The highest BCUT2D eigenvalue weighted by molar-refractivity contribution is 5.25. The minimum absolute atomic E-state index is 0.827. The lowest BCUT2D eigenvalue weighted by molar-refractivity contribution is -0.687. The molecule has 1 saturated heterocycles. The fourth-order valence-corrected chi connectivity index (χ4v) is 2.51. The molecule has 0 radical (unpaired) electrons. The van der Waals surface area contributed by atoms with E-state index in [0.717, 1.165) is 6.04 Å². The van der Waals surface area contributed by atoms with Crippen LogP contribution in [0.25, 0.3) is 0 Å². The van der Waals surface area contributed by atoms with Crippen LogP contribution in [0, 0.1) is 6.92 Å². The van der Waals surface area contributed by atoms with Crippen molar-refractivity contribution in [2.45, 2.75) is 45.1 Å². The number of hydrogen-bond acceptors (Lipinski definition) is 0. The van der Waals surface area contributed by atoms with E-state index in [1.165, 1.54) is 44.2 Å². The summed E-state index contributed by atoms with van der Waals surface area (Å²) in [6.07, 6.45) is 6.92. The van der Waals surface area contributed by atoms with Crippen molar-refractivity contribution >= 4 is 0 Å². The van der Waals surface area contributed by atoms with Gasteiger partial charge in [-0.15, -0.1) is 0 Å². The fraction of sp³-hybridized carbons (Fsp3) is 0.571. The molecule has 1 heteroatoms. The summed E-state index contributed by atoms with van der Waals surface area (Å²) in [7, 11) is 0. The monoisotopic (exact) mass is 204 g/mol. The van der Waals surface area contributed by atoms with Crippen LogP contribution in [0.1, 0.15) is 36.8 Å². The van der Waals surface area contributed by atoms with E-state index in [1.807, 2.05) is 0 Å². The molecule has 1 atom stereocenters. The Kier molecular flexibility index (Phi) is 3.79. The second-order valence-corrected chi connectivity index (χ2v) is 4.76. The number of rotatable bonds is 2. The summed E-state index contributed by atoms with van der Waals surface area (Å²) < 4.78 is 0. The minimum Gasteiger partial charge on any atom is -0.344 e. The summed E-state index contributed by atoms with van der Waals surface area (Å²) in [4.78, 5) is 0. The number of hydrogen-bond donors (Lipinski definition) is 1. The summed E-state index contributed by atoms with van der Waals surface area (Å²) in [5.74, 6) is 0. The van der Waals surface area contributed by atoms with Crippen molar-refractivity contribution in [3.8, 4) is 0 Å². The zero-order valence-electron chi connectivity index (χ0n) is 9.71. The Balaban J connectivity index is 1.98. The van der Waals surface area contributed by atoms with Crippen molar-refractivity contribution < 1.29 is 5.32 Å². The van der Waals surface area contributed by atoms with Gasteiger partial charge in [-0.3, -0.25) is 0 Å².